The Morgan fingerprint density at radius 3 is 2.59 bits per heavy atom. The summed E-state index contributed by atoms with van der Waals surface area (Å²) in [6.45, 7) is 16.8. The Labute approximate surface area is 106 Å². The first-order valence-electron chi connectivity index (χ1n) is 7.06. The van der Waals surface area contributed by atoms with E-state index in [-0.39, 0.29) is 11.5 Å². The van der Waals surface area contributed by atoms with Crippen LogP contribution >= 0.6 is 0 Å². The van der Waals surface area contributed by atoms with Gasteiger partial charge in [-0.25, -0.2) is 6.57 Å². The largest absolute Gasteiger partial charge is 0.312 e. The van der Waals surface area contributed by atoms with Crippen molar-refractivity contribution in [2.45, 2.75) is 59.4 Å². The second kappa shape index (κ2) is 4.48. The normalized spacial score (nSPS) is 41.6. The standard InChI is InChI=1S/C16H25N/c1-11(2)14-7-6-13(4)16(15(14)17-5)9-8-12(3)10-16/h10-11,13-15H,6-9H2,1-4H3/t13-,14+,15-,16-/m1/s1. The molecule has 0 aliphatic heterocycles. The van der Waals surface area contributed by atoms with Crippen molar-refractivity contribution in [2.75, 3.05) is 0 Å². The molecule has 17 heavy (non-hydrogen) atoms. The van der Waals surface area contributed by atoms with E-state index in [0.717, 1.165) is 0 Å². The molecule has 0 aromatic carbocycles. The Morgan fingerprint density at radius 2 is 2.12 bits per heavy atom. The van der Waals surface area contributed by atoms with Gasteiger partial charge in [-0.15, -0.1) is 0 Å². The lowest BCUT2D eigenvalue weighted by Gasteiger charge is -2.44. The van der Waals surface area contributed by atoms with Gasteiger partial charge in [0.1, 0.15) is 0 Å². The second-order valence-electron chi connectivity index (χ2n) is 6.56. The monoisotopic (exact) mass is 231 g/mol. The molecule has 0 amide bonds. The molecule has 1 spiro atoms. The first kappa shape index (κ1) is 12.7. The van der Waals surface area contributed by atoms with E-state index in [1.165, 1.54) is 31.3 Å². The zero-order valence-corrected chi connectivity index (χ0v) is 11.7. The van der Waals surface area contributed by atoms with E-state index in [0.29, 0.717) is 17.8 Å². The Kier molecular flexibility index (Phi) is 3.34. The summed E-state index contributed by atoms with van der Waals surface area (Å²) in [5, 5.41) is 0. The number of hydrogen-bond acceptors (Lipinski definition) is 0. The maximum atomic E-state index is 7.66. The number of hydrogen-bond donors (Lipinski definition) is 0. The van der Waals surface area contributed by atoms with Crippen molar-refractivity contribution in [3.63, 3.8) is 0 Å². The van der Waals surface area contributed by atoms with E-state index in [1.807, 2.05) is 0 Å². The van der Waals surface area contributed by atoms with E-state index in [1.54, 1.807) is 0 Å². The Balaban J connectivity index is 2.37. The van der Waals surface area contributed by atoms with Crippen molar-refractivity contribution in [1.29, 1.82) is 0 Å². The predicted molar refractivity (Wildman–Crippen MR) is 72.5 cm³/mol. The van der Waals surface area contributed by atoms with Crippen LogP contribution < -0.4 is 0 Å². The number of rotatable bonds is 1. The molecule has 0 unspecified atom stereocenters. The highest BCUT2D eigenvalue weighted by Crippen LogP contribution is 2.54. The highest BCUT2D eigenvalue weighted by molar-refractivity contribution is 5.24. The van der Waals surface area contributed by atoms with Gasteiger partial charge in [-0.3, -0.25) is 0 Å². The fraction of sp³-hybridized carbons (Fsp3) is 0.812. The smallest absolute Gasteiger partial charge is 0.235 e. The van der Waals surface area contributed by atoms with Crippen molar-refractivity contribution in [3.8, 4) is 0 Å². The number of nitrogens with zero attached hydrogens (tertiary/aromatic N) is 1. The van der Waals surface area contributed by atoms with Gasteiger partial charge in [0.05, 0.1) is 5.41 Å². The van der Waals surface area contributed by atoms with Crippen molar-refractivity contribution in [1.82, 2.24) is 0 Å². The second-order valence-corrected chi connectivity index (χ2v) is 6.56. The molecule has 0 saturated heterocycles. The highest BCUT2D eigenvalue weighted by atomic mass is 14.8. The predicted octanol–water partition coefficient (Wildman–Crippen LogP) is 4.70. The van der Waals surface area contributed by atoms with Crippen LogP contribution in [0.1, 0.15) is 53.4 Å². The third-order valence-electron chi connectivity index (χ3n) is 5.27. The summed E-state index contributed by atoms with van der Waals surface area (Å²) in [6.07, 6.45) is 7.45. The van der Waals surface area contributed by atoms with Crippen molar-refractivity contribution >= 4 is 0 Å². The first-order chi connectivity index (χ1) is 8.01. The summed E-state index contributed by atoms with van der Waals surface area (Å²) in [5.74, 6) is 1.94. The van der Waals surface area contributed by atoms with E-state index >= 15 is 0 Å². The van der Waals surface area contributed by atoms with Gasteiger partial charge in [-0.05, 0) is 44.4 Å². The summed E-state index contributed by atoms with van der Waals surface area (Å²) in [7, 11) is 0. The quantitative estimate of drug-likeness (QED) is 0.455. The van der Waals surface area contributed by atoms with Gasteiger partial charge >= 0.3 is 0 Å². The summed E-state index contributed by atoms with van der Waals surface area (Å²) in [4.78, 5) is 4.08. The highest BCUT2D eigenvalue weighted by Gasteiger charge is 2.55. The molecule has 0 heterocycles. The van der Waals surface area contributed by atoms with E-state index < -0.39 is 0 Å². The third-order valence-corrected chi connectivity index (χ3v) is 5.27. The van der Waals surface area contributed by atoms with Gasteiger partial charge in [0.25, 0.3) is 0 Å². The summed E-state index contributed by atoms with van der Waals surface area (Å²) in [5.41, 5.74) is 1.72. The van der Waals surface area contributed by atoms with Crippen LogP contribution in [0.4, 0.5) is 0 Å². The molecule has 4 atom stereocenters. The number of allylic oxidation sites excluding steroid dienone is 1. The SMILES string of the molecule is [C-]#[N+][C@@H]1[C@H](C(C)C)CC[C@@H](C)[C@@]12C=C(C)CC2. The molecule has 0 aromatic rings. The topological polar surface area (TPSA) is 4.36 Å². The van der Waals surface area contributed by atoms with Gasteiger partial charge in [0.2, 0.25) is 6.04 Å². The Hall–Kier alpha value is -0.770. The van der Waals surface area contributed by atoms with Crippen LogP contribution in [0.2, 0.25) is 0 Å². The van der Waals surface area contributed by atoms with Gasteiger partial charge in [0.15, 0.2) is 0 Å². The van der Waals surface area contributed by atoms with Gasteiger partial charge in [0, 0.05) is 5.92 Å². The summed E-state index contributed by atoms with van der Waals surface area (Å²) in [6, 6.07) is 0.226. The molecule has 2 aliphatic carbocycles. The van der Waals surface area contributed by atoms with Crippen molar-refractivity contribution in [3.05, 3.63) is 23.1 Å². The molecule has 0 N–H and O–H groups in total. The molecule has 94 valence electrons. The lowest BCUT2D eigenvalue weighted by atomic mass is 9.58. The maximum Gasteiger partial charge on any atom is 0.235 e. The van der Waals surface area contributed by atoms with Crippen LogP contribution in [-0.2, 0) is 0 Å². The molecule has 0 bridgehead atoms. The molecule has 1 heteroatoms. The van der Waals surface area contributed by atoms with E-state index in [9.17, 15) is 0 Å². The van der Waals surface area contributed by atoms with Crippen LogP contribution in [0, 0.1) is 29.7 Å². The zero-order chi connectivity index (χ0) is 12.6. The third kappa shape index (κ3) is 1.92. The fourth-order valence-electron chi connectivity index (χ4n) is 4.11. The zero-order valence-electron chi connectivity index (χ0n) is 11.7. The van der Waals surface area contributed by atoms with Crippen LogP contribution in [-0.4, -0.2) is 6.04 Å². The van der Waals surface area contributed by atoms with E-state index in [2.05, 4.69) is 38.6 Å². The van der Waals surface area contributed by atoms with Gasteiger partial charge in [-0.1, -0.05) is 32.4 Å². The molecular weight excluding hydrogens is 206 g/mol. The lowest BCUT2D eigenvalue weighted by Crippen LogP contribution is -2.46. The molecule has 1 nitrogen and oxygen atoms in total. The van der Waals surface area contributed by atoms with Gasteiger partial charge in [-0.2, -0.15) is 0 Å². The minimum absolute atomic E-state index is 0.207. The van der Waals surface area contributed by atoms with Crippen LogP contribution in [0.3, 0.4) is 0 Å². The Morgan fingerprint density at radius 1 is 1.41 bits per heavy atom. The summed E-state index contributed by atoms with van der Waals surface area (Å²) >= 11 is 0. The molecule has 1 fully saturated rings. The van der Waals surface area contributed by atoms with E-state index in [4.69, 9.17) is 6.57 Å². The summed E-state index contributed by atoms with van der Waals surface area (Å²) < 4.78 is 0. The fourth-order valence-corrected chi connectivity index (χ4v) is 4.11. The molecule has 2 rings (SSSR count). The first-order valence-corrected chi connectivity index (χ1v) is 7.06. The van der Waals surface area contributed by atoms with Crippen LogP contribution in [0.25, 0.3) is 4.85 Å². The Bertz CT molecular complexity index is 360. The lowest BCUT2D eigenvalue weighted by molar-refractivity contribution is 0.0827. The average molecular weight is 231 g/mol. The maximum absolute atomic E-state index is 7.66. The molecule has 0 aromatic heterocycles. The minimum Gasteiger partial charge on any atom is -0.312 e. The van der Waals surface area contributed by atoms with Crippen molar-refractivity contribution in [2.24, 2.45) is 23.2 Å². The molecule has 1 saturated carbocycles. The molecule has 2 aliphatic rings. The van der Waals surface area contributed by atoms with Crippen molar-refractivity contribution < 1.29 is 0 Å². The van der Waals surface area contributed by atoms with Gasteiger partial charge < -0.3 is 4.85 Å². The average Bonchev–Trinajstić information content (AvgIpc) is 2.65. The van der Waals surface area contributed by atoms with Crippen LogP contribution in [0.15, 0.2) is 11.6 Å². The minimum atomic E-state index is 0.207. The molecule has 0 radical (unpaired) electrons. The van der Waals surface area contributed by atoms with Crippen LogP contribution in [0.5, 0.6) is 0 Å². The molecular formula is C16H25N.